The number of carbonyl (C=O) groups excluding carboxylic acids is 2. The molecule has 2 saturated carbocycles. The van der Waals surface area contributed by atoms with E-state index in [1.54, 1.807) is 26.0 Å². The SMILES string of the molecule is Cc1ccc(S(=O)(=O)N2C(=O)OC[C@@H]2C[C@]23OC(C)(C)O[C@H]2[C@H](O)[C@H]2[C@@H](C3=O)[C@H]3C=C[C@@H]2C3)cc1. The van der Waals surface area contributed by atoms with Crippen molar-refractivity contribution in [2.75, 3.05) is 6.61 Å². The van der Waals surface area contributed by atoms with Crippen molar-refractivity contribution in [2.45, 2.75) is 68.1 Å². The van der Waals surface area contributed by atoms with Crippen LogP contribution in [0.15, 0.2) is 41.3 Å². The van der Waals surface area contributed by atoms with Gasteiger partial charge in [-0.1, -0.05) is 29.8 Å². The van der Waals surface area contributed by atoms with Gasteiger partial charge in [0.15, 0.2) is 17.2 Å². The van der Waals surface area contributed by atoms with Crippen LogP contribution in [0.4, 0.5) is 4.79 Å². The van der Waals surface area contributed by atoms with Crippen molar-refractivity contribution in [1.82, 2.24) is 4.31 Å². The van der Waals surface area contributed by atoms with Crippen LogP contribution in [-0.2, 0) is 29.0 Å². The number of allylic oxidation sites excluding steroid dienone is 2. The minimum Gasteiger partial charge on any atom is -0.446 e. The summed E-state index contributed by atoms with van der Waals surface area (Å²) in [6, 6.07) is 5.19. The number of ketones is 1. The van der Waals surface area contributed by atoms with Gasteiger partial charge in [-0.25, -0.2) is 13.2 Å². The Morgan fingerprint density at radius 2 is 1.80 bits per heavy atom. The molecule has 1 aromatic rings. The van der Waals surface area contributed by atoms with Crippen LogP contribution in [0.3, 0.4) is 0 Å². The lowest BCUT2D eigenvalue weighted by molar-refractivity contribution is -0.178. The molecule has 2 heterocycles. The Morgan fingerprint density at radius 3 is 2.51 bits per heavy atom. The minimum absolute atomic E-state index is 0.00569. The Morgan fingerprint density at radius 1 is 1.11 bits per heavy atom. The molecule has 0 unspecified atom stereocenters. The molecule has 2 aliphatic heterocycles. The largest absolute Gasteiger partial charge is 0.446 e. The molecular formula is C25H29NO8S. The van der Waals surface area contributed by atoms with E-state index in [-0.39, 0.29) is 41.5 Å². The fourth-order valence-electron chi connectivity index (χ4n) is 6.95. The highest BCUT2D eigenvalue weighted by atomic mass is 32.2. The number of nitrogens with zero attached hydrogens (tertiary/aromatic N) is 1. The maximum Gasteiger partial charge on any atom is 0.424 e. The molecule has 1 aromatic carbocycles. The van der Waals surface area contributed by atoms with Gasteiger partial charge in [0.05, 0.1) is 17.0 Å². The van der Waals surface area contributed by atoms with E-state index in [0.717, 1.165) is 12.0 Å². The summed E-state index contributed by atoms with van der Waals surface area (Å²) >= 11 is 0. The molecule has 2 saturated heterocycles. The fraction of sp³-hybridized carbons (Fsp3) is 0.600. The molecular weight excluding hydrogens is 474 g/mol. The zero-order valence-corrected chi connectivity index (χ0v) is 20.6. The van der Waals surface area contributed by atoms with Crippen LogP contribution in [0.25, 0.3) is 0 Å². The van der Waals surface area contributed by atoms with Crippen LogP contribution in [-0.4, -0.2) is 66.0 Å². The molecule has 10 heteroatoms. The first-order valence-corrected chi connectivity index (χ1v) is 13.5. The normalized spacial score (nSPS) is 41.3. The maximum atomic E-state index is 14.1. The Kier molecular flexibility index (Phi) is 4.88. The Bertz CT molecular complexity index is 1220. The molecule has 0 radical (unpaired) electrons. The average Bonchev–Trinajstić information content (AvgIpc) is 3.54. The number of amides is 1. The second-order valence-electron chi connectivity index (χ2n) is 10.9. The number of rotatable bonds is 4. The van der Waals surface area contributed by atoms with E-state index in [0.29, 0.717) is 4.31 Å². The van der Waals surface area contributed by atoms with Gasteiger partial charge in [0, 0.05) is 18.3 Å². The number of fused-ring (bicyclic) bond motifs is 6. The highest BCUT2D eigenvalue weighted by molar-refractivity contribution is 7.89. The minimum atomic E-state index is -4.24. The summed E-state index contributed by atoms with van der Waals surface area (Å²) in [5, 5.41) is 11.4. The first kappa shape index (κ1) is 23.1. The topological polar surface area (TPSA) is 119 Å². The van der Waals surface area contributed by atoms with Crippen LogP contribution in [0.2, 0.25) is 0 Å². The monoisotopic (exact) mass is 503 g/mol. The number of hydrogen-bond acceptors (Lipinski definition) is 8. The van der Waals surface area contributed by atoms with Gasteiger partial charge in [0.2, 0.25) is 0 Å². The second-order valence-corrected chi connectivity index (χ2v) is 12.7. The van der Waals surface area contributed by atoms with E-state index < -0.39 is 51.7 Å². The van der Waals surface area contributed by atoms with Crippen LogP contribution >= 0.6 is 0 Å². The molecule has 6 rings (SSSR count). The third-order valence-corrected chi connectivity index (χ3v) is 10.1. The van der Waals surface area contributed by atoms with Crippen molar-refractivity contribution in [1.29, 1.82) is 0 Å². The van der Waals surface area contributed by atoms with Gasteiger partial charge in [-0.2, -0.15) is 4.31 Å². The van der Waals surface area contributed by atoms with Crippen LogP contribution in [0.5, 0.6) is 0 Å². The van der Waals surface area contributed by atoms with Gasteiger partial charge >= 0.3 is 6.09 Å². The lowest BCUT2D eigenvalue weighted by atomic mass is 9.62. The number of cyclic esters (lactones) is 1. The Balaban J connectivity index is 1.39. The first-order chi connectivity index (χ1) is 16.4. The fourth-order valence-corrected chi connectivity index (χ4v) is 8.44. The van der Waals surface area contributed by atoms with Crippen molar-refractivity contribution >= 4 is 21.9 Å². The van der Waals surface area contributed by atoms with Gasteiger partial charge in [-0.05, 0) is 51.2 Å². The molecule has 0 spiro atoms. The molecule has 0 aromatic heterocycles. The van der Waals surface area contributed by atoms with Crippen molar-refractivity contribution in [3.8, 4) is 0 Å². The van der Waals surface area contributed by atoms with Crippen molar-refractivity contribution in [3.05, 3.63) is 42.0 Å². The number of aliphatic hydroxyl groups is 1. The number of sulfonamides is 1. The van der Waals surface area contributed by atoms with Gasteiger partial charge in [0.25, 0.3) is 10.0 Å². The van der Waals surface area contributed by atoms with E-state index in [1.165, 1.54) is 12.1 Å². The summed E-state index contributed by atoms with van der Waals surface area (Å²) in [5.41, 5.74) is -0.719. The third kappa shape index (κ3) is 3.19. The Hall–Kier alpha value is -2.27. The number of hydrogen-bond donors (Lipinski definition) is 1. The molecule has 1 amide bonds. The molecule has 1 N–H and O–H groups in total. The number of carbonyl (C=O) groups is 2. The average molecular weight is 504 g/mol. The highest BCUT2D eigenvalue weighted by Crippen LogP contribution is 2.59. The maximum absolute atomic E-state index is 14.1. The Labute approximate surface area is 204 Å². The van der Waals surface area contributed by atoms with Crippen LogP contribution < -0.4 is 0 Å². The number of aryl methyl sites for hydroxylation is 1. The molecule has 2 bridgehead atoms. The van der Waals surface area contributed by atoms with Gasteiger partial charge in [-0.3, -0.25) is 4.79 Å². The molecule has 9 nitrogen and oxygen atoms in total. The standard InChI is InChI=1S/C25H29NO8S/c1-13-4-8-17(9-5-13)35(30,31)26-16(12-32-23(26)29)11-25-21(28)19-15-7-6-14(10-15)18(19)20(27)22(25)33-24(2,3)34-25/h4-9,14-16,18-20,22,27H,10-12H2,1-3H3/t14-,15+,16+,18-,19+,20-,22+,25-/m1/s1. The number of aliphatic hydroxyl groups excluding tert-OH is 1. The van der Waals surface area contributed by atoms with Crippen molar-refractivity contribution in [2.24, 2.45) is 23.7 Å². The molecule has 8 atom stereocenters. The zero-order chi connectivity index (χ0) is 24.9. The van der Waals surface area contributed by atoms with E-state index in [1.807, 2.05) is 13.0 Å². The molecule has 4 fully saturated rings. The zero-order valence-electron chi connectivity index (χ0n) is 19.8. The highest BCUT2D eigenvalue weighted by Gasteiger charge is 2.71. The summed E-state index contributed by atoms with van der Waals surface area (Å²) in [5.74, 6) is -1.95. The molecule has 3 aliphatic carbocycles. The van der Waals surface area contributed by atoms with Crippen LogP contribution in [0, 0.1) is 30.6 Å². The van der Waals surface area contributed by atoms with Gasteiger partial charge < -0.3 is 19.3 Å². The first-order valence-electron chi connectivity index (χ1n) is 12.0. The number of benzene rings is 1. The summed E-state index contributed by atoms with van der Waals surface area (Å²) < 4.78 is 45.2. The predicted molar refractivity (Wildman–Crippen MR) is 121 cm³/mol. The lowest BCUT2D eigenvalue weighted by Crippen LogP contribution is -2.65. The van der Waals surface area contributed by atoms with Crippen LogP contribution in [0.1, 0.15) is 32.3 Å². The summed E-state index contributed by atoms with van der Waals surface area (Å²) in [6.07, 6.45) is 1.81. The van der Waals surface area contributed by atoms with E-state index in [2.05, 4.69) is 6.08 Å². The molecule has 35 heavy (non-hydrogen) atoms. The number of Topliss-reactive ketones (excluding diaryl/α,β-unsaturated/α-hetero) is 1. The van der Waals surface area contributed by atoms with E-state index in [9.17, 15) is 23.1 Å². The molecule has 188 valence electrons. The molecule has 5 aliphatic rings. The predicted octanol–water partition coefficient (Wildman–Crippen LogP) is 2.17. The quantitative estimate of drug-likeness (QED) is 0.621. The van der Waals surface area contributed by atoms with Crippen molar-refractivity contribution in [3.63, 3.8) is 0 Å². The van der Waals surface area contributed by atoms with E-state index >= 15 is 0 Å². The van der Waals surface area contributed by atoms with Gasteiger partial charge in [-0.15, -0.1) is 0 Å². The van der Waals surface area contributed by atoms with Crippen molar-refractivity contribution < 1.29 is 37.3 Å². The smallest absolute Gasteiger partial charge is 0.424 e. The van der Waals surface area contributed by atoms with E-state index in [4.69, 9.17) is 14.2 Å². The van der Waals surface area contributed by atoms with Gasteiger partial charge in [0.1, 0.15) is 12.7 Å². The summed E-state index contributed by atoms with van der Waals surface area (Å²) in [4.78, 5) is 26.8. The summed E-state index contributed by atoms with van der Waals surface area (Å²) in [7, 11) is -4.24. The summed E-state index contributed by atoms with van der Waals surface area (Å²) in [6.45, 7) is 4.96. The number of ether oxygens (including phenoxy) is 3. The lowest BCUT2D eigenvalue weighted by Gasteiger charge is -2.47. The third-order valence-electron chi connectivity index (χ3n) is 8.27. The second kappa shape index (κ2) is 7.38.